The van der Waals surface area contributed by atoms with Gasteiger partial charge in [-0.05, 0) is 24.6 Å². The van der Waals surface area contributed by atoms with Crippen LogP contribution in [0, 0.1) is 0 Å². The number of aliphatic hydroxyl groups is 1. The lowest BCUT2D eigenvalue weighted by atomic mass is 10.0. The maximum atomic E-state index is 10.2. The molecule has 100 valence electrons. The molecular formula is C14H21NO3. The van der Waals surface area contributed by atoms with Crippen LogP contribution in [0.25, 0.3) is 0 Å². The third-order valence-electron chi connectivity index (χ3n) is 2.81. The Morgan fingerprint density at radius 1 is 1.33 bits per heavy atom. The van der Waals surface area contributed by atoms with Crippen molar-refractivity contribution in [3.8, 4) is 11.5 Å². The third kappa shape index (κ3) is 3.48. The van der Waals surface area contributed by atoms with Gasteiger partial charge in [-0.15, -0.1) is 6.58 Å². The van der Waals surface area contributed by atoms with Crippen LogP contribution in [0.4, 0.5) is 0 Å². The van der Waals surface area contributed by atoms with Gasteiger partial charge in [0.15, 0.2) is 11.5 Å². The highest BCUT2D eigenvalue weighted by atomic mass is 16.5. The van der Waals surface area contributed by atoms with E-state index in [1.807, 2.05) is 13.0 Å². The van der Waals surface area contributed by atoms with Gasteiger partial charge < -0.3 is 19.9 Å². The minimum atomic E-state index is -0.607. The third-order valence-corrected chi connectivity index (χ3v) is 2.81. The van der Waals surface area contributed by atoms with E-state index in [9.17, 15) is 5.11 Å². The molecule has 0 heterocycles. The second kappa shape index (κ2) is 7.03. The Kier molecular flexibility index (Phi) is 5.68. The Labute approximate surface area is 108 Å². The lowest BCUT2D eigenvalue weighted by Gasteiger charge is -2.21. The van der Waals surface area contributed by atoms with E-state index in [1.54, 1.807) is 32.4 Å². The Bertz CT molecular complexity index is 393. The van der Waals surface area contributed by atoms with Gasteiger partial charge >= 0.3 is 0 Å². The fourth-order valence-corrected chi connectivity index (χ4v) is 1.71. The van der Waals surface area contributed by atoms with Crippen molar-refractivity contribution in [2.45, 2.75) is 19.1 Å². The van der Waals surface area contributed by atoms with Gasteiger partial charge in [0.05, 0.1) is 20.3 Å². The maximum absolute atomic E-state index is 10.2. The molecule has 1 aromatic carbocycles. The normalized spacial score (nSPS) is 13.8. The molecule has 4 nitrogen and oxygen atoms in total. The Balaban J connectivity index is 2.85. The minimum Gasteiger partial charge on any atom is -0.493 e. The van der Waals surface area contributed by atoms with Gasteiger partial charge in [-0.25, -0.2) is 0 Å². The second-order valence-electron chi connectivity index (χ2n) is 4.04. The van der Waals surface area contributed by atoms with E-state index in [0.29, 0.717) is 18.0 Å². The zero-order valence-corrected chi connectivity index (χ0v) is 11.1. The van der Waals surface area contributed by atoms with Crippen molar-refractivity contribution in [3.05, 3.63) is 36.4 Å². The molecule has 0 aliphatic carbocycles. The molecular weight excluding hydrogens is 230 g/mol. The summed E-state index contributed by atoms with van der Waals surface area (Å²) in [7, 11) is 3.16. The van der Waals surface area contributed by atoms with Crippen LogP contribution in [0.15, 0.2) is 30.9 Å². The lowest BCUT2D eigenvalue weighted by molar-refractivity contribution is 0.137. The number of rotatable bonds is 7. The molecule has 0 aromatic heterocycles. The molecule has 4 heteroatoms. The predicted octanol–water partition coefficient (Wildman–Crippen LogP) is 1.90. The summed E-state index contributed by atoms with van der Waals surface area (Å²) < 4.78 is 10.4. The molecule has 18 heavy (non-hydrogen) atoms. The van der Waals surface area contributed by atoms with Crippen LogP contribution in [-0.2, 0) is 0 Å². The van der Waals surface area contributed by atoms with E-state index in [1.165, 1.54) is 0 Å². The largest absolute Gasteiger partial charge is 0.493 e. The van der Waals surface area contributed by atoms with Crippen LogP contribution in [0.2, 0.25) is 0 Å². The number of hydrogen-bond acceptors (Lipinski definition) is 4. The summed E-state index contributed by atoms with van der Waals surface area (Å²) in [5, 5.41) is 13.4. The summed E-state index contributed by atoms with van der Waals surface area (Å²) >= 11 is 0. The maximum Gasteiger partial charge on any atom is 0.161 e. The second-order valence-corrected chi connectivity index (χ2v) is 4.04. The number of benzene rings is 1. The topological polar surface area (TPSA) is 50.7 Å². The first-order valence-corrected chi connectivity index (χ1v) is 5.88. The first-order chi connectivity index (χ1) is 8.63. The number of hydrogen-bond donors (Lipinski definition) is 2. The summed E-state index contributed by atoms with van der Waals surface area (Å²) in [6.45, 7) is 6.21. The first kappa shape index (κ1) is 14.5. The summed E-state index contributed by atoms with van der Waals surface area (Å²) in [5.74, 6) is 1.27. The van der Waals surface area contributed by atoms with Crippen molar-refractivity contribution in [1.29, 1.82) is 0 Å². The summed E-state index contributed by atoms with van der Waals surface area (Å²) in [6, 6.07) is 5.34. The molecule has 2 unspecified atom stereocenters. The van der Waals surface area contributed by atoms with Crippen LogP contribution in [0.5, 0.6) is 11.5 Å². The SMILES string of the molecule is C=CCNC(C)C(O)c1ccc(OC)c(OC)c1. The zero-order valence-electron chi connectivity index (χ0n) is 11.1. The molecule has 0 amide bonds. The quantitative estimate of drug-likeness (QED) is 0.727. The van der Waals surface area contributed by atoms with Crippen molar-refractivity contribution in [1.82, 2.24) is 5.32 Å². The van der Waals surface area contributed by atoms with Gasteiger partial charge in [0.25, 0.3) is 0 Å². The number of aliphatic hydroxyl groups excluding tert-OH is 1. The van der Waals surface area contributed by atoms with Crippen molar-refractivity contribution >= 4 is 0 Å². The van der Waals surface area contributed by atoms with Crippen molar-refractivity contribution in [2.24, 2.45) is 0 Å². The van der Waals surface area contributed by atoms with E-state index in [2.05, 4.69) is 11.9 Å². The summed E-state index contributed by atoms with van der Waals surface area (Å²) in [6.07, 6.45) is 1.16. The van der Waals surface area contributed by atoms with Gasteiger partial charge in [0.1, 0.15) is 0 Å². The van der Waals surface area contributed by atoms with Gasteiger partial charge in [0.2, 0.25) is 0 Å². The standard InChI is InChI=1S/C14H21NO3/c1-5-8-15-10(2)14(16)11-6-7-12(17-3)13(9-11)18-4/h5-7,9-10,14-16H,1,8H2,2-4H3. The van der Waals surface area contributed by atoms with E-state index in [4.69, 9.17) is 9.47 Å². The van der Waals surface area contributed by atoms with Gasteiger partial charge in [-0.2, -0.15) is 0 Å². The van der Waals surface area contributed by atoms with Crippen LogP contribution >= 0.6 is 0 Å². The van der Waals surface area contributed by atoms with E-state index in [0.717, 1.165) is 5.56 Å². The van der Waals surface area contributed by atoms with Crippen LogP contribution in [0.3, 0.4) is 0 Å². The molecule has 2 atom stereocenters. The monoisotopic (exact) mass is 251 g/mol. The van der Waals surface area contributed by atoms with Crippen molar-refractivity contribution in [2.75, 3.05) is 20.8 Å². The Morgan fingerprint density at radius 2 is 2.00 bits per heavy atom. The average Bonchev–Trinajstić information content (AvgIpc) is 2.42. The molecule has 0 bridgehead atoms. The number of nitrogens with one attached hydrogen (secondary N) is 1. The molecule has 0 spiro atoms. The van der Waals surface area contributed by atoms with Crippen LogP contribution in [0.1, 0.15) is 18.6 Å². The molecule has 0 saturated heterocycles. The van der Waals surface area contributed by atoms with E-state index in [-0.39, 0.29) is 6.04 Å². The Hall–Kier alpha value is -1.52. The Morgan fingerprint density at radius 3 is 2.56 bits per heavy atom. The molecule has 0 aliphatic heterocycles. The number of ether oxygens (including phenoxy) is 2. The molecule has 0 saturated carbocycles. The van der Waals surface area contributed by atoms with Crippen LogP contribution in [-0.4, -0.2) is 31.9 Å². The highest BCUT2D eigenvalue weighted by Crippen LogP contribution is 2.30. The van der Waals surface area contributed by atoms with Crippen molar-refractivity contribution < 1.29 is 14.6 Å². The average molecular weight is 251 g/mol. The molecule has 0 radical (unpaired) electrons. The fraction of sp³-hybridized carbons (Fsp3) is 0.429. The number of methoxy groups -OCH3 is 2. The molecule has 0 fully saturated rings. The van der Waals surface area contributed by atoms with Gasteiger partial charge in [0, 0.05) is 12.6 Å². The van der Waals surface area contributed by atoms with Crippen LogP contribution < -0.4 is 14.8 Å². The molecule has 2 N–H and O–H groups in total. The smallest absolute Gasteiger partial charge is 0.161 e. The minimum absolute atomic E-state index is 0.0684. The van der Waals surface area contributed by atoms with Gasteiger partial charge in [-0.3, -0.25) is 0 Å². The fourth-order valence-electron chi connectivity index (χ4n) is 1.71. The molecule has 1 aromatic rings. The summed E-state index contributed by atoms with van der Waals surface area (Å²) in [5.41, 5.74) is 0.789. The predicted molar refractivity (Wildman–Crippen MR) is 72.2 cm³/mol. The summed E-state index contributed by atoms with van der Waals surface area (Å²) in [4.78, 5) is 0. The zero-order chi connectivity index (χ0) is 13.5. The van der Waals surface area contributed by atoms with Gasteiger partial charge in [-0.1, -0.05) is 12.1 Å². The lowest BCUT2D eigenvalue weighted by Crippen LogP contribution is -2.32. The van der Waals surface area contributed by atoms with Crippen molar-refractivity contribution in [3.63, 3.8) is 0 Å². The van der Waals surface area contributed by atoms with E-state index < -0.39 is 6.10 Å². The highest BCUT2D eigenvalue weighted by molar-refractivity contribution is 5.43. The molecule has 0 aliphatic rings. The van der Waals surface area contributed by atoms with E-state index >= 15 is 0 Å². The first-order valence-electron chi connectivity index (χ1n) is 5.88. The molecule has 1 rings (SSSR count). The highest BCUT2D eigenvalue weighted by Gasteiger charge is 2.17.